The molecule has 0 aromatic heterocycles. The van der Waals surface area contributed by atoms with Crippen molar-refractivity contribution < 1.29 is 14.3 Å². The molecule has 0 spiro atoms. The fourth-order valence-corrected chi connectivity index (χ4v) is 2.21. The van der Waals surface area contributed by atoms with E-state index in [1.807, 2.05) is 31.2 Å². The van der Waals surface area contributed by atoms with Gasteiger partial charge >= 0.3 is 0 Å². The predicted octanol–water partition coefficient (Wildman–Crippen LogP) is 3.02. The van der Waals surface area contributed by atoms with E-state index in [0.717, 1.165) is 17.7 Å². The van der Waals surface area contributed by atoms with Crippen molar-refractivity contribution in [2.75, 3.05) is 19.0 Å². The van der Waals surface area contributed by atoms with Gasteiger partial charge in [-0.25, -0.2) is 0 Å². The van der Waals surface area contributed by atoms with Crippen LogP contribution in [0.3, 0.4) is 0 Å². The quantitative estimate of drug-likeness (QED) is 0.822. The summed E-state index contributed by atoms with van der Waals surface area (Å²) in [6.45, 7) is 2.63. The Kier molecular flexibility index (Phi) is 6.37. The zero-order chi connectivity index (χ0) is 17.4. The van der Waals surface area contributed by atoms with Gasteiger partial charge in [0, 0.05) is 17.8 Å². The second kappa shape index (κ2) is 8.72. The number of nitrogens with one attached hydrogen (secondary N) is 2. The summed E-state index contributed by atoms with van der Waals surface area (Å²) in [5, 5.41) is 5.64. The van der Waals surface area contributed by atoms with Gasteiger partial charge < -0.3 is 15.4 Å². The Balaban J connectivity index is 1.96. The maximum absolute atomic E-state index is 12.1. The van der Waals surface area contributed by atoms with Crippen LogP contribution in [0, 0.1) is 0 Å². The molecule has 0 radical (unpaired) electrons. The fourth-order valence-electron chi connectivity index (χ4n) is 2.21. The molecular formula is C19H22N2O3. The van der Waals surface area contributed by atoms with Crippen LogP contribution in [-0.2, 0) is 11.2 Å². The summed E-state index contributed by atoms with van der Waals surface area (Å²) in [6.07, 6.45) is 1.14. The Bertz CT molecular complexity index is 696. The molecule has 0 fully saturated rings. The van der Waals surface area contributed by atoms with Crippen molar-refractivity contribution in [2.24, 2.45) is 0 Å². The average molecular weight is 326 g/mol. The summed E-state index contributed by atoms with van der Waals surface area (Å²) in [5.74, 6) is 0.485. The third-order valence-electron chi connectivity index (χ3n) is 3.47. The van der Waals surface area contributed by atoms with Crippen molar-refractivity contribution in [1.29, 1.82) is 0 Å². The largest absolute Gasteiger partial charge is 0.497 e. The second-order valence-corrected chi connectivity index (χ2v) is 5.41. The van der Waals surface area contributed by atoms with Crippen LogP contribution in [0.25, 0.3) is 0 Å². The van der Waals surface area contributed by atoms with E-state index >= 15 is 0 Å². The molecule has 2 rings (SSSR count). The Morgan fingerprint density at radius 3 is 2.50 bits per heavy atom. The predicted molar refractivity (Wildman–Crippen MR) is 94.4 cm³/mol. The lowest BCUT2D eigenvalue weighted by atomic mass is 10.1. The highest BCUT2D eigenvalue weighted by molar-refractivity contribution is 5.97. The van der Waals surface area contributed by atoms with Gasteiger partial charge in [-0.1, -0.05) is 25.1 Å². The fraction of sp³-hybridized carbons (Fsp3) is 0.263. The number of rotatable bonds is 7. The number of hydrogen-bond donors (Lipinski definition) is 2. The molecule has 0 bridgehead atoms. The molecule has 0 saturated heterocycles. The maximum atomic E-state index is 12.1. The van der Waals surface area contributed by atoms with E-state index in [2.05, 4.69) is 10.6 Å². The standard InChI is InChI=1S/C19H22N2O3/c1-3-11-20-19(23)15-5-4-6-16(13-15)21-18(22)12-14-7-9-17(24-2)10-8-14/h4-10,13H,3,11-12H2,1-2H3,(H,20,23)(H,21,22). The highest BCUT2D eigenvalue weighted by Gasteiger charge is 2.08. The molecule has 5 nitrogen and oxygen atoms in total. The first-order chi connectivity index (χ1) is 11.6. The van der Waals surface area contributed by atoms with Crippen molar-refractivity contribution in [2.45, 2.75) is 19.8 Å². The van der Waals surface area contributed by atoms with Gasteiger partial charge in [0.25, 0.3) is 5.91 Å². The van der Waals surface area contributed by atoms with Gasteiger partial charge in [-0.05, 0) is 42.3 Å². The molecule has 0 aliphatic carbocycles. The normalized spacial score (nSPS) is 10.1. The lowest BCUT2D eigenvalue weighted by molar-refractivity contribution is -0.115. The highest BCUT2D eigenvalue weighted by Crippen LogP contribution is 2.14. The van der Waals surface area contributed by atoms with Crippen LogP contribution in [0.15, 0.2) is 48.5 Å². The lowest BCUT2D eigenvalue weighted by Gasteiger charge is -2.08. The molecule has 0 heterocycles. The van der Waals surface area contributed by atoms with Crippen LogP contribution in [0.5, 0.6) is 5.75 Å². The molecule has 126 valence electrons. The Morgan fingerprint density at radius 1 is 1.08 bits per heavy atom. The minimum Gasteiger partial charge on any atom is -0.497 e. The van der Waals surface area contributed by atoms with Crippen LogP contribution in [0.1, 0.15) is 29.3 Å². The summed E-state index contributed by atoms with van der Waals surface area (Å²) in [4.78, 5) is 24.1. The molecule has 24 heavy (non-hydrogen) atoms. The van der Waals surface area contributed by atoms with E-state index in [0.29, 0.717) is 17.8 Å². The van der Waals surface area contributed by atoms with Gasteiger partial charge in [-0.15, -0.1) is 0 Å². The summed E-state index contributed by atoms with van der Waals surface area (Å²) >= 11 is 0. The van der Waals surface area contributed by atoms with Crippen LogP contribution < -0.4 is 15.4 Å². The van der Waals surface area contributed by atoms with Gasteiger partial charge in [0.1, 0.15) is 5.75 Å². The van der Waals surface area contributed by atoms with Crippen molar-refractivity contribution >= 4 is 17.5 Å². The molecule has 0 atom stereocenters. The second-order valence-electron chi connectivity index (χ2n) is 5.41. The summed E-state index contributed by atoms with van der Waals surface area (Å²) < 4.78 is 5.09. The van der Waals surface area contributed by atoms with Gasteiger partial charge in [0.05, 0.1) is 13.5 Å². The number of methoxy groups -OCH3 is 1. The van der Waals surface area contributed by atoms with Gasteiger partial charge in [-0.3, -0.25) is 9.59 Å². The number of anilines is 1. The molecule has 0 aliphatic heterocycles. The van der Waals surface area contributed by atoms with Crippen molar-refractivity contribution in [3.8, 4) is 5.75 Å². The van der Waals surface area contributed by atoms with Crippen molar-refractivity contribution in [3.63, 3.8) is 0 Å². The molecule has 0 saturated carbocycles. The van der Waals surface area contributed by atoms with E-state index in [9.17, 15) is 9.59 Å². The molecule has 0 aliphatic rings. The zero-order valence-electron chi connectivity index (χ0n) is 14.0. The average Bonchev–Trinajstić information content (AvgIpc) is 2.60. The highest BCUT2D eigenvalue weighted by atomic mass is 16.5. The molecule has 2 N–H and O–H groups in total. The number of ether oxygens (including phenoxy) is 1. The Labute approximate surface area is 142 Å². The molecular weight excluding hydrogens is 304 g/mol. The van der Waals surface area contributed by atoms with E-state index in [-0.39, 0.29) is 18.2 Å². The third-order valence-corrected chi connectivity index (χ3v) is 3.47. The number of carbonyl (C=O) groups is 2. The molecule has 0 unspecified atom stereocenters. The SMILES string of the molecule is CCCNC(=O)c1cccc(NC(=O)Cc2ccc(OC)cc2)c1. The molecule has 2 amide bonds. The molecule has 5 heteroatoms. The summed E-state index contributed by atoms with van der Waals surface area (Å²) in [7, 11) is 1.60. The molecule has 2 aromatic rings. The van der Waals surface area contributed by atoms with E-state index in [1.165, 1.54) is 0 Å². The topological polar surface area (TPSA) is 67.4 Å². The zero-order valence-corrected chi connectivity index (χ0v) is 14.0. The number of carbonyl (C=O) groups excluding carboxylic acids is 2. The smallest absolute Gasteiger partial charge is 0.251 e. The van der Waals surface area contributed by atoms with Crippen molar-refractivity contribution in [3.05, 3.63) is 59.7 Å². The monoisotopic (exact) mass is 326 g/mol. The van der Waals surface area contributed by atoms with E-state index in [4.69, 9.17) is 4.74 Å². The number of hydrogen-bond acceptors (Lipinski definition) is 3. The Hall–Kier alpha value is -2.82. The number of benzene rings is 2. The van der Waals surface area contributed by atoms with Gasteiger partial charge in [0.15, 0.2) is 0 Å². The number of amides is 2. The van der Waals surface area contributed by atoms with Gasteiger partial charge in [-0.2, -0.15) is 0 Å². The van der Waals surface area contributed by atoms with Crippen LogP contribution in [0.4, 0.5) is 5.69 Å². The summed E-state index contributed by atoms with van der Waals surface area (Å²) in [5.41, 5.74) is 2.04. The van der Waals surface area contributed by atoms with Crippen LogP contribution in [0.2, 0.25) is 0 Å². The molecule has 2 aromatic carbocycles. The van der Waals surface area contributed by atoms with Crippen LogP contribution >= 0.6 is 0 Å². The van der Waals surface area contributed by atoms with E-state index in [1.54, 1.807) is 31.4 Å². The van der Waals surface area contributed by atoms with E-state index < -0.39 is 0 Å². The van der Waals surface area contributed by atoms with Crippen LogP contribution in [-0.4, -0.2) is 25.5 Å². The minimum absolute atomic E-state index is 0.133. The third kappa shape index (κ3) is 5.12. The Morgan fingerprint density at radius 2 is 1.83 bits per heavy atom. The first-order valence-corrected chi connectivity index (χ1v) is 7.93. The minimum atomic E-state index is -0.136. The van der Waals surface area contributed by atoms with Crippen molar-refractivity contribution in [1.82, 2.24) is 5.32 Å². The first-order valence-electron chi connectivity index (χ1n) is 7.93. The van der Waals surface area contributed by atoms with Gasteiger partial charge in [0.2, 0.25) is 5.91 Å². The lowest BCUT2D eigenvalue weighted by Crippen LogP contribution is -2.24. The maximum Gasteiger partial charge on any atom is 0.251 e. The summed E-state index contributed by atoms with van der Waals surface area (Å²) in [6, 6.07) is 14.3. The first kappa shape index (κ1) is 17.5.